The van der Waals surface area contributed by atoms with E-state index in [0.29, 0.717) is 0 Å². The quantitative estimate of drug-likeness (QED) is 0.830. The Labute approximate surface area is 84.7 Å². The van der Waals surface area contributed by atoms with Crippen molar-refractivity contribution in [2.75, 3.05) is 5.73 Å². The molecule has 0 saturated carbocycles. The van der Waals surface area contributed by atoms with Crippen molar-refractivity contribution in [2.24, 2.45) is 0 Å². The first-order chi connectivity index (χ1) is 6.24. The first kappa shape index (κ1) is 8.56. The van der Waals surface area contributed by atoms with Gasteiger partial charge in [-0.05, 0) is 28.1 Å². The lowest BCUT2D eigenvalue weighted by atomic mass is 10.3. The number of pyridine rings is 1. The van der Waals surface area contributed by atoms with Crippen molar-refractivity contribution in [2.45, 2.75) is 13.3 Å². The maximum Gasteiger partial charge on any atom is 0.134 e. The molecule has 0 unspecified atom stereocenters. The van der Waals surface area contributed by atoms with E-state index in [2.05, 4.69) is 27.8 Å². The third kappa shape index (κ3) is 1.21. The molecule has 2 heterocycles. The zero-order valence-corrected chi connectivity index (χ0v) is 8.87. The summed E-state index contributed by atoms with van der Waals surface area (Å²) in [6.45, 7) is 2.07. The Bertz CT molecular complexity index is 447. The average Bonchev–Trinajstić information content (AvgIpc) is 2.44. The lowest BCUT2D eigenvalue weighted by Gasteiger charge is -1.99. The number of rotatable bonds is 1. The molecule has 3 nitrogen and oxygen atoms in total. The van der Waals surface area contributed by atoms with Crippen LogP contribution in [0.15, 0.2) is 22.9 Å². The Hall–Kier alpha value is -1.03. The smallest absolute Gasteiger partial charge is 0.134 e. The lowest BCUT2D eigenvalue weighted by molar-refractivity contribution is 0.932. The second kappa shape index (κ2) is 3.03. The van der Waals surface area contributed by atoms with Crippen LogP contribution in [0.2, 0.25) is 0 Å². The third-order valence-corrected chi connectivity index (χ3v) is 2.60. The number of hydrogen-bond donors (Lipinski definition) is 1. The van der Waals surface area contributed by atoms with Gasteiger partial charge in [0.05, 0.1) is 5.69 Å². The molecule has 0 aromatic carbocycles. The number of nitrogen functional groups attached to an aromatic ring is 1. The van der Waals surface area contributed by atoms with Crippen molar-refractivity contribution in [1.82, 2.24) is 9.38 Å². The van der Waals surface area contributed by atoms with E-state index >= 15 is 0 Å². The first-order valence-corrected chi connectivity index (χ1v) is 4.94. The summed E-state index contributed by atoms with van der Waals surface area (Å²) in [5, 5.41) is 0. The largest absolute Gasteiger partial charge is 0.397 e. The molecule has 0 saturated heterocycles. The highest BCUT2D eigenvalue weighted by atomic mass is 79.9. The van der Waals surface area contributed by atoms with Gasteiger partial charge < -0.3 is 10.1 Å². The van der Waals surface area contributed by atoms with Gasteiger partial charge in [0.2, 0.25) is 0 Å². The fraction of sp³-hybridized carbons (Fsp3) is 0.222. The highest BCUT2D eigenvalue weighted by Gasteiger charge is 2.08. The van der Waals surface area contributed by atoms with Crippen molar-refractivity contribution in [3.63, 3.8) is 0 Å². The fourth-order valence-electron chi connectivity index (χ4n) is 1.43. The summed E-state index contributed by atoms with van der Waals surface area (Å²) in [6, 6.07) is 3.80. The maximum absolute atomic E-state index is 5.83. The molecule has 68 valence electrons. The van der Waals surface area contributed by atoms with E-state index in [9.17, 15) is 0 Å². The highest BCUT2D eigenvalue weighted by molar-refractivity contribution is 9.10. The number of nitrogens with two attached hydrogens (primary N) is 1. The van der Waals surface area contributed by atoms with E-state index in [1.54, 1.807) is 0 Å². The van der Waals surface area contributed by atoms with Crippen LogP contribution in [0.4, 0.5) is 5.69 Å². The molecule has 0 amide bonds. The van der Waals surface area contributed by atoms with E-state index in [-0.39, 0.29) is 0 Å². The normalized spacial score (nSPS) is 10.9. The van der Waals surface area contributed by atoms with Crippen LogP contribution in [0, 0.1) is 0 Å². The van der Waals surface area contributed by atoms with Crippen LogP contribution in [-0.2, 0) is 6.42 Å². The summed E-state index contributed by atoms with van der Waals surface area (Å²) in [7, 11) is 0. The topological polar surface area (TPSA) is 43.3 Å². The molecule has 13 heavy (non-hydrogen) atoms. The van der Waals surface area contributed by atoms with E-state index in [1.807, 2.05) is 22.7 Å². The van der Waals surface area contributed by atoms with Gasteiger partial charge in [0.1, 0.15) is 15.9 Å². The first-order valence-electron chi connectivity index (χ1n) is 4.15. The summed E-state index contributed by atoms with van der Waals surface area (Å²) < 4.78 is 2.84. The Morgan fingerprint density at radius 3 is 3.08 bits per heavy atom. The van der Waals surface area contributed by atoms with Crippen molar-refractivity contribution < 1.29 is 0 Å². The molecule has 0 radical (unpaired) electrons. The average molecular weight is 240 g/mol. The van der Waals surface area contributed by atoms with Gasteiger partial charge in [0.15, 0.2) is 0 Å². The van der Waals surface area contributed by atoms with Crippen LogP contribution < -0.4 is 5.73 Å². The molecule has 0 spiro atoms. The van der Waals surface area contributed by atoms with E-state index < -0.39 is 0 Å². The zero-order valence-electron chi connectivity index (χ0n) is 7.29. The molecule has 0 atom stereocenters. The molecule has 0 bridgehead atoms. The van der Waals surface area contributed by atoms with Gasteiger partial charge in [-0.3, -0.25) is 0 Å². The molecular weight excluding hydrogens is 230 g/mol. The second-order valence-electron chi connectivity index (χ2n) is 2.85. The van der Waals surface area contributed by atoms with Crippen molar-refractivity contribution >= 4 is 27.1 Å². The van der Waals surface area contributed by atoms with Crippen molar-refractivity contribution in [3.8, 4) is 0 Å². The molecule has 2 aromatic rings. The van der Waals surface area contributed by atoms with Crippen LogP contribution in [0.1, 0.15) is 12.7 Å². The summed E-state index contributed by atoms with van der Waals surface area (Å²) >= 11 is 3.40. The minimum atomic E-state index is 0.751. The Morgan fingerprint density at radius 2 is 2.38 bits per heavy atom. The van der Waals surface area contributed by atoms with Gasteiger partial charge in [-0.25, -0.2) is 4.98 Å². The monoisotopic (exact) mass is 239 g/mol. The maximum atomic E-state index is 5.83. The van der Waals surface area contributed by atoms with Crippen LogP contribution in [-0.4, -0.2) is 9.38 Å². The second-order valence-corrected chi connectivity index (χ2v) is 3.61. The molecular formula is C9H10BrN3. The van der Waals surface area contributed by atoms with Crippen LogP contribution in [0.5, 0.6) is 0 Å². The molecule has 2 aromatic heterocycles. The number of fused-ring (bicyclic) bond motifs is 1. The van der Waals surface area contributed by atoms with E-state index in [4.69, 9.17) is 5.73 Å². The number of imidazole rings is 1. The Balaban J connectivity index is 2.87. The highest BCUT2D eigenvalue weighted by Crippen LogP contribution is 2.24. The molecule has 0 aliphatic heterocycles. The number of anilines is 1. The number of hydrogen-bond acceptors (Lipinski definition) is 2. The van der Waals surface area contributed by atoms with E-state index in [0.717, 1.165) is 28.1 Å². The molecule has 4 heteroatoms. The van der Waals surface area contributed by atoms with Crippen LogP contribution in [0.3, 0.4) is 0 Å². The zero-order chi connectivity index (χ0) is 9.42. The summed E-state index contributed by atoms with van der Waals surface area (Å²) in [5.41, 5.74) is 7.54. The predicted molar refractivity (Wildman–Crippen MR) is 56.7 cm³/mol. The molecule has 2 rings (SSSR count). The van der Waals surface area contributed by atoms with Gasteiger partial charge >= 0.3 is 0 Å². The van der Waals surface area contributed by atoms with E-state index in [1.165, 1.54) is 0 Å². The molecule has 0 aliphatic carbocycles. The molecule has 2 N–H and O–H groups in total. The van der Waals surface area contributed by atoms with Gasteiger partial charge in [-0.15, -0.1) is 0 Å². The summed E-state index contributed by atoms with van der Waals surface area (Å²) in [6.07, 6.45) is 2.87. The lowest BCUT2D eigenvalue weighted by Crippen LogP contribution is -1.94. The van der Waals surface area contributed by atoms with Gasteiger partial charge in [0, 0.05) is 12.6 Å². The number of aryl methyl sites for hydroxylation is 1. The minimum absolute atomic E-state index is 0.751. The van der Waals surface area contributed by atoms with Crippen molar-refractivity contribution in [1.29, 1.82) is 0 Å². The Kier molecular flexibility index (Phi) is 2.00. The van der Waals surface area contributed by atoms with Gasteiger partial charge in [-0.2, -0.15) is 0 Å². The standard InChI is InChI=1S/C9H10BrN3/c1-2-7-12-9(10)8-6(11)4-3-5-13(7)8/h3-5H,2,11H2,1H3. The van der Waals surface area contributed by atoms with Gasteiger partial charge in [0.25, 0.3) is 0 Å². The van der Waals surface area contributed by atoms with Crippen LogP contribution in [0.25, 0.3) is 5.52 Å². The summed E-state index contributed by atoms with van der Waals surface area (Å²) in [5.74, 6) is 1.02. The summed E-state index contributed by atoms with van der Waals surface area (Å²) in [4.78, 5) is 4.37. The number of aromatic nitrogens is 2. The third-order valence-electron chi connectivity index (χ3n) is 2.04. The fourth-order valence-corrected chi connectivity index (χ4v) is 2.05. The van der Waals surface area contributed by atoms with Crippen molar-refractivity contribution in [3.05, 3.63) is 28.8 Å². The number of halogens is 1. The Morgan fingerprint density at radius 1 is 1.62 bits per heavy atom. The minimum Gasteiger partial charge on any atom is -0.397 e. The number of nitrogens with zero attached hydrogens (tertiary/aromatic N) is 2. The SMILES string of the molecule is CCc1nc(Br)c2c(N)cccn12. The van der Waals surface area contributed by atoms with Gasteiger partial charge in [-0.1, -0.05) is 6.92 Å². The molecule has 0 fully saturated rings. The molecule has 0 aliphatic rings. The van der Waals surface area contributed by atoms with Crippen LogP contribution >= 0.6 is 15.9 Å². The predicted octanol–water partition coefficient (Wildman–Crippen LogP) is 2.24.